The van der Waals surface area contributed by atoms with Crippen LogP contribution in [0.4, 0.5) is 0 Å². The predicted octanol–water partition coefficient (Wildman–Crippen LogP) is 4.58. The summed E-state index contributed by atoms with van der Waals surface area (Å²) in [6.45, 7) is 8.33. The summed E-state index contributed by atoms with van der Waals surface area (Å²) in [6.07, 6.45) is 20.2. The topological polar surface area (TPSA) is 0 Å². The standard InChI is InChI=1S/C9H16.C2H6.C2H2/c1-3-5-7-9-8-6-4-2;2*1-2/h5,7-9H,3-4,6H2,1-2H3;1-2H3;1-2H/b7-5-,9-8-;;. The molecule has 0 heteroatoms. The van der Waals surface area contributed by atoms with Gasteiger partial charge in [-0.05, 0) is 12.8 Å². The first-order valence-electron chi connectivity index (χ1n) is 5.06. The molecule has 0 aliphatic carbocycles. The van der Waals surface area contributed by atoms with Gasteiger partial charge >= 0.3 is 0 Å². The van der Waals surface area contributed by atoms with Crippen LogP contribution < -0.4 is 0 Å². The van der Waals surface area contributed by atoms with E-state index in [9.17, 15) is 0 Å². The fraction of sp³-hybridized carbons (Fsp3) is 0.538. The van der Waals surface area contributed by atoms with E-state index in [2.05, 4.69) is 51.0 Å². The van der Waals surface area contributed by atoms with Crippen molar-refractivity contribution in [3.05, 3.63) is 24.3 Å². The Morgan fingerprint density at radius 2 is 1.38 bits per heavy atom. The molecule has 0 aliphatic rings. The lowest BCUT2D eigenvalue weighted by Crippen LogP contribution is -1.58. The molecule has 0 nitrogen and oxygen atoms in total. The minimum Gasteiger partial charge on any atom is -0.124 e. The maximum atomic E-state index is 4.00. The highest BCUT2D eigenvalue weighted by atomic mass is 13.7. The van der Waals surface area contributed by atoms with Crippen molar-refractivity contribution in [1.29, 1.82) is 0 Å². The molecule has 0 aromatic heterocycles. The summed E-state index contributed by atoms with van der Waals surface area (Å²) >= 11 is 0. The lowest BCUT2D eigenvalue weighted by Gasteiger charge is -1.79. The average Bonchev–Trinajstić information content (AvgIpc) is 2.24. The van der Waals surface area contributed by atoms with Gasteiger partial charge in [0.25, 0.3) is 0 Å². The number of unbranched alkanes of at least 4 members (excludes halogenated alkanes) is 1. The van der Waals surface area contributed by atoms with Gasteiger partial charge in [0.05, 0.1) is 0 Å². The van der Waals surface area contributed by atoms with Crippen LogP contribution in [0.5, 0.6) is 0 Å². The molecule has 0 atom stereocenters. The first-order chi connectivity index (χ1) is 6.41. The molecule has 0 aromatic carbocycles. The largest absolute Gasteiger partial charge is 0.124 e. The Kier molecular flexibility index (Phi) is 42.1. The summed E-state index contributed by atoms with van der Waals surface area (Å²) in [7, 11) is 0. The molecule has 0 bridgehead atoms. The Bertz CT molecular complexity index is 115. The highest BCUT2D eigenvalue weighted by Crippen LogP contribution is 1.89. The molecule has 0 N–H and O–H groups in total. The van der Waals surface area contributed by atoms with E-state index in [1.807, 2.05) is 13.8 Å². The van der Waals surface area contributed by atoms with Gasteiger partial charge in [-0.2, -0.15) is 0 Å². The number of rotatable bonds is 4. The lowest BCUT2D eigenvalue weighted by atomic mass is 10.3. The Morgan fingerprint density at radius 1 is 0.923 bits per heavy atom. The van der Waals surface area contributed by atoms with Gasteiger partial charge in [-0.1, -0.05) is 58.4 Å². The van der Waals surface area contributed by atoms with Gasteiger partial charge in [0.1, 0.15) is 0 Å². The minimum absolute atomic E-state index is 1.14. The first-order valence-corrected chi connectivity index (χ1v) is 5.06. The van der Waals surface area contributed by atoms with Gasteiger partial charge in [0.2, 0.25) is 0 Å². The van der Waals surface area contributed by atoms with Crippen molar-refractivity contribution in [2.75, 3.05) is 0 Å². The van der Waals surface area contributed by atoms with Crippen molar-refractivity contribution < 1.29 is 0 Å². The molecule has 0 amide bonds. The van der Waals surface area contributed by atoms with Crippen LogP contribution in [-0.4, -0.2) is 0 Å². The van der Waals surface area contributed by atoms with Crippen molar-refractivity contribution in [3.63, 3.8) is 0 Å². The van der Waals surface area contributed by atoms with Crippen LogP contribution in [0.3, 0.4) is 0 Å². The van der Waals surface area contributed by atoms with Crippen LogP contribution >= 0.6 is 0 Å². The van der Waals surface area contributed by atoms with E-state index in [0.717, 1.165) is 6.42 Å². The molecular formula is C13H24. The van der Waals surface area contributed by atoms with Gasteiger partial charge in [-0.3, -0.25) is 0 Å². The SMILES string of the molecule is C#C.CC.CC/C=C\C=C/CCC. The van der Waals surface area contributed by atoms with Gasteiger partial charge in [0.15, 0.2) is 0 Å². The molecule has 0 rings (SSSR count). The van der Waals surface area contributed by atoms with Crippen LogP contribution in [0.2, 0.25) is 0 Å². The predicted molar refractivity (Wildman–Crippen MR) is 64.7 cm³/mol. The van der Waals surface area contributed by atoms with E-state index in [1.54, 1.807) is 0 Å². The van der Waals surface area contributed by atoms with Crippen LogP contribution in [0, 0.1) is 12.8 Å². The second kappa shape index (κ2) is 30.5. The zero-order valence-electron chi connectivity index (χ0n) is 9.59. The molecule has 0 unspecified atom stereocenters. The van der Waals surface area contributed by atoms with Crippen LogP contribution in [0.1, 0.15) is 47.0 Å². The third kappa shape index (κ3) is 35.5. The van der Waals surface area contributed by atoms with Crippen LogP contribution in [0.15, 0.2) is 24.3 Å². The number of allylic oxidation sites excluding steroid dienone is 4. The molecule has 0 spiro atoms. The summed E-state index contributed by atoms with van der Waals surface area (Å²) in [6, 6.07) is 0. The zero-order valence-corrected chi connectivity index (χ0v) is 9.59. The monoisotopic (exact) mass is 180 g/mol. The highest BCUT2D eigenvalue weighted by molar-refractivity contribution is 5.01. The van der Waals surface area contributed by atoms with Crippen molar-refractivity contribution >= 4 is 0 Å². The van der Waals surface area contributed by atoms with E-state index in [1.165, 1.54) is 12.8 Å². The normalized spacial score (nSPS) is 8.77. The number of hydrogen-bond donors (Lipinski definition) is 0. The molecule has 0 fully saturated rings. The molecule has 0 saturated heterocycles. The van der Waals surface area contributed by atoms with Crippen LogP contribution in [0.25, 0.3) is 0 Å². The van der Waals surface area contributed by atoms with E-state index >= 15 is 0 Å². The molecule has 76 valence electrons. The molecule has 0 aromatic rings. The second-order valence-corrected chi connectivity index (χ2v) is 2.05. The van der Waals surface area contributed by atoms with E-state index in [-0.39, 0.29) is 0 Å². The summed E-state index contributed by atoms with van der Waals surface area (Å²) in [5.74, 6) is 0. The first kappa shape index (κ1) is 18.0. The third-order valence-corrected chi connectivity index (χ3v) is 1.07. The van der Waals surface area contributed by atoms with Gasteiger partial charge in [-0.15, -0.1) is 12.8 Å². The Balaban J connectivity index is -0.000000218. The van der Waals surface area contributed by atoms with Gasteiger partial charge in [-0.25, -0.2) is 0 Å². The Morgan fingerprint density at radius 3 is 1.77 bits per heavy atom. The summed E-state index contributed by atoms with van der Waals surface area (Å²) in [5, 5.41) is 0. The third-order valence-electron chi connectivity index (χ3n) is 1.07. The number of hydrogen-bond acceptors (Lipinski definition) is 0. The second-order valence-electron chi connectivity index (χ2n) is 2.05. The van der Waals surface area contributed by atoms with Gasteiger partial charge in [0, 0.05) is 0 Å². The molecular weight excluding hydrogens is 156 g/mol. The highest BCUT2D eigenvalue weighted by Gasteiger charge is 1.68. The van der Waals surface area contributed by atoms with Crippen molar-refractivity contribution in [3.8, 4) is 12.8 Å². The zero-order chi connectivity index (χ0) is 10.9. The fourth-order valence-electron chi connectivity index (χ4n) is 0.556. The fourth-order valence-corrected chi connectivity index (χ4v) is 0.556. The molecule has 0 radical (unpaired) electrons. The smallest absolute Gasteiger partial charge is 0.0350 e. The van der Waals surface area contributed by atoms with Crippen molar-refractivity contribution in [1.82, 2.24) is 0 Å². The van der Waals surface area contributed by atoms with E-state index in [4.69, 9.17) is 0 Å². The molecule has 0 saturated carbocycles. The summed E-state index contributed by atoms with van der Waals surface area (Å²) < 4.78 is 0. The summed E-state index contributed by atoms with van der Waals surface area (Å²) in [5.41, 5.74) is 0. The van der Waals surface area contributed by atoms with E-state index < -0.39 is 0 Å². The van der Waals surface area contributed by atoms with E-state index in [0.29, 0.717) is 0 Å². The quantitative estimate of drug-likeness (QED) is 0.438. The Hall–Kier alpha value is -0.960. The molecule has 0 heterocycles. The maximum absolute atomic E-state index is 4.00. The molecule has 0 aliphatic heterocycles. The van der Waals surface area contributed by atoms with Crippen molar-refractivity contribution in [2.45, 2.75) is 47.0 Å². The molecule has 13 heavy (non-hydrogen) atoms. The van der Waals surface area contributed by atoms with Crippen LogP contribution in [-0.2, 0) is 0 Å². The Labute approximate surface area is 84.8 Å². The summed E-state index contributed by atoms with van der Waals surface area (Å²) in [4.78, 5) is 0. The lowest BCUT2D eigenvalue weighted by molar-refractivity contribution is 0.959. The minimum atomic E-state index is 1.14. The maximum Gasteiger partial charge on any atom is -0.0350 e. The van der Waals surface area contributed by atoms with Gasteiger partial charge < -0.3 is 0 Å². The average molecular weight is 180 g/mol. The number of terminal acetylenes is 1. The van der Waals surface area contributed by atoms with Crippen molar-refractivity contribution in [2.24, 2.45) is 0 Å².